The van der Waals surface area contributed by atoms with Gasteiger partial charge >= 0.3 is 0 Å². The Morgan fingerprint density at radius 1 is 1.05 bits per heavy atom. The molecule has 0 unspecified atom stereocenters. The molecule has 3 aliphatic rings. The Labute approximate surface area is 135 Å². The molecule has 22 heavy (non-hydrogen) atoms. The van der Waals surface area contributed by atoms with Gasteiger partial charge in [-0.2, -0.15) is 0 Å². The van der Waals surface area contributed by atoms with Crippen LogP contribution in [0.1, 0.15) is 36.2 Å². The highest BCUT2D eigenvalue weighted by molar-refractivity contribution is 7.13. The largest absolute Gasteiger partial charge is 0.337 e. The zero-order valence-corrected chi connectivity index (χ0v) is 13.4. The van der Waals surface area contributed by atoms with E-state index in [2.05, 4.69) is 9.88 Å². The predicted octanol–water partition coefficient (Wildman–Crippen LogP) is 4.07. The molecule has 2 aliphatic heterocycles. The van der Waals surface area contributed by atoms with Crippen LogP contribution in [-0.2, 0) is 0 Å². The molecule has 0 N–H and O–H groups in total. The van der Waals surface area contributed by atoms with Crippen LogP contribution in [0, 0.1) is 11.8 Å². The van der Waals surface area contributed by atoms with Gasteiger partial charge in [-0.25, -0.2) is 4.98 Å². The van der Waals surface area contributed by atoms with Crippen LogP contribution in [0.4, 0.5) is 0 Å². The quantitative estimate of drug-likeness (QED) is 0.837. The van der Waals surface area contributed by atoms with E-state index >= 15 is 0 Å². The second-order valence-electron chi connectivity index (χ2n) is 6.50. The van der Waals surface area contributed by atoms with Gasteiger partial charge in [-0.3, -0.25) is 4.79 Å². The van der Waals surface area contributed by atoms with Gasteiger partial charge in [0.05, 0.1) is 0 Å². The van der Waals surface area contributed by atoms with E-state index in [9.17, 15) is 4.79 Å². The van der Waals surface area contributed by atoms with Gasteiger partial charge in [-0.05, 0) is 37.5 Å². The highest BCUT2D eigenvalue weighted by Gasteiger charge is 2.32. The molecule has 0 atom stereocenters. The van der Waals surface area contributed by atoms with Gasteiger partial charge in [-0.1, -0.05) is 30.3 Å². The third-order valence-electron chi connectivity index (χ3n) is 4.95. The van der Waals surface area contributed by atoms with Crippen molar-refractivity contribution in [3.63, 3.8) is 0 Å². The zero-order valence-electron chi connectivity index (χ0n) is 12.6. The van der Waals surface area contributed by atoms with E-state index in [1.54, 1.807) is 11.3 Å². The Bertz CT molecular complexity index is 645. The van der Waals surface area contributed by atoms with Crippen LogP contribution in [0.25, 0.3) is 10.6 Å². The van der Waals surface area contributed by atoms with E-state index in [-0.39, 0.29) is 5.91 Å². The van der Waals surface area contributed by atoms with Crippen LogP contribution in [-0.4, -0.2) is 28.9 Å². The van der Waals surface area contributed by atoms with Gasteiger partial charge in [0.25, 0.3) is 5.91 Å². The number of benzene rings is 1. The number of nitrogens with zero attached hydrogens (tertiary/aromatic N) is 2. The summed E-state index contributed by atoms with van der Waals surface area (Å²) in [5.41, 5.74) is 1.70. The van der Waals surface area contributed by atoms with Crippen LogP contribution in [0.3, 0.4) is 0 Å². The first-order valence-corrected chi connectivity index (χ1v) is 8.98. The lowest BCUT2D eigenvalue weighted by atomic mass is 9.84. The van der Waals surface area contributed by atoms with Gasteiger partial charge in [0.15, 0.2) is 0 Å². The van der Waals surface area contributed by atoms with Crippen molar-refractivity contribution in [3.05, 3.63) is 41.4 Å². The molecular weight excluding hydrogens is 292 g/mol. The van der Waals surface area contributed by atoms with Crippen molar-refractivity contribution >= 4 is 17.2 Å². The summed E-state index contributed by atoms with van der Waals surface area (Å²) < 4.78 is 0. The maximum absolute atomic E-state index is 12.8. The number of carbonyl (C=O) groups excluding carboxylic acids is 1. The number of carbonyl (C=O) groups is 1. The molecule has 5 rings (SSSR count). The fourth-order valence-corrected chi connectivity index (χ4v) is 4.51. The summed E-state index contributed by atoms with van der Waals surface area (Å²) in [6.07, 6.45) is 5.17. The van der Waals surface area contributed by atoms with Crippen molar-refractivity contribution in [3.8, 4) is 10.6 Å². The van der Waals surface area contributed by atoms with E-state index in [1.807, 2.05) is 35.7 Å². The van der Waals surface area contributed by atoms with Crippen molar-refractivity contribution in [1.29, 1.82) is 0 Å². The van der Waals surface area contributed by atoms with Crippen LogP contribution in [0.15, 0.2) is 35.7 Å². The van der Waals surface area contributed by atoms with Gasteiger partial charge in [-0.15, -0.1) is 11.3 Å². The Kier molecular flexibility index (Phi) is 3.70. The number of aromatic nitrogens is 1. The minimum absolute atomic E-state index is 0.122. The molecule has 0 radical (unpaired) electrons. The fourth-order valence-electron chi connectivity index (χ4n) is 3.71. The van der Waals surface area contributed by atoms with E-state index in [0.717, 1.165) is 23.7 Å². The minimum Gasteiger partial charge on any atom is -0.337 e. The molecule has 1 aromatic heterocycles. The SMILES string of the molecule is O=C(c1csc(-c2ccccc2)n1)N1CC2CCC(CC2)C1. The normalized spacial score (nSPS) is 24.3. The van der Waals surface area contributed by atoms with Gasteiger partial charge in [0.2, 0.25) is 0 Å². The summed E-state index contributed by atoms with van der Waals surface area (Å²) in [7, 11) is 0. The number of rotatable bonds is 2. The summed E-state index contributed by atoms with van der Waals surface area (Å²) in [5, 5.41) is 2.85. The summed E-state index contributed by atoms with van der Waals surface area (Å²) in [4.78, 5) is 19.4. The summed E-state index contributed by atoms with van der Waals surface area (Å²) in [6, 6.07) is 10.1. The van der Waals surface area contributed by atoms with Crippen LogP contribution in [0.5, 0.6) is 0 Å². The molecule has 3 fully saturated rings. The topological polar surface area (TPSA) is 33.2 Å². The Morgan fingerprint density at radius 2 is 1.68 bits per heavy atom. The zero-order chi connectivity index (χ0) is 14.9. The first-order chi connectivity index (χ1) is 10.8. The van der Waals surface area contributed by atoms with E-state index in [0.29, 0.717) is 17.5 Å². The molecule has 1 saturated carbocycles. The number of hydrogen-bond acceptors (Lipinski definition) is 3. The third kappa shape index (κ3) is 2.68. The molecule has 3 heterocycles. The Hall–Kier alpha value is -1.68. The fraction of sp³-hybridized carbons (Fsp3) is 0.444. The molecule has 1 aromatic carbocycles. The summed E-state index contributed by atoms with van der Waals surface area (Å²) in [5.74, 6) is 1.53. The Morgan fingerprint density at radius 3 is 2.32 bits per heavy atom. The third-order valence-corrected chi connectivity index (χ3v) is 5.85. The lowest BCUT2D eigenvalue weighted by molar-refractivity contribution is 0.0734. The number of amides is 1. The van der Waals surface area contributed by atoms with E-state index in [1.165, 1.54) is 25.7 Å². The average Bonchev–Trinajstić information content (AvgIpc) is 2.87. The lowest BCUT2D eigenvalue weighted by Gasteiger charge is -2.21. The maximum atomic E-state index is 12.8. The van der Waals surface area contributed by atoms with Crippen molar-refractivity contribution in [2.75, 3.05) is 13.1 Å². The number of hydrogen-bond donors (Lipinski definition) is 0. The number of fused-ring (bicyclic) bond motifs is 4. The molecular formula is C18H20N2OS. The van der Waals surface area contributed by atoms with Crippen molar-refractivity contribution in [2.24, 2.45) is 11.8 Å². The second kappa shape index (κ2) is 5.84. The Balaban J connectivity index is 1.55. The second-order valence-corrected chi connectivity index (χ2v) is 7.36. The molecule has 3 nitrogen and oxygen atoms in total. The smallest absolute Gasteiger partial charge is 0.273 e. The highest BCUT2D eigenvalue weighted by atomic mass is 32.1. The monoisotopic (exact) mass is 312 g/mol. The summed E-state index contributed by atoms with van der Waals surface area (Å²) in [6.45, 7) is 1.85. The highest BCUT2D eigenvalue weighted by Crippen LogP contribution is 2.34. The van der Waals surface area contributed by atoms with Crippen molar-refractivity contribution in [2.45, 2.75) is 25.7 Å². The molecule has 0 spiro atoms. The van der Waals surface area contributed by atoms with E-state index < -0.39 is 0 Å². The lowest BCUT2D eigenvalue weighted by Crippen LogP contribution is -2.34. The molecule has 4 heteroatoms. The van der Waals surface area contributed by atoms with Gasteiger partial charge in [0.1, 0.15) is 10.7 Å². The maximum Gasteiger partial charge on any atom is 0.273 e. The van der Waals surface area contributed by atoms with Crippen molar-refractivity contribution in [1.82, 2.24) is 9.88 Å². The van der Waals surface area contributed by atoms with Crippen LogP contribution >= 0.6 is 11.3 Å². The van der Waals surface area contributed by atoms with Gasteiger partial charge in [0, 0.05) is 24.0 Å². The molecule has 2 aromatic rings. The first kappa shape index (κ1) is 13.9. The molecule has 114 valence electrons. The molecule has 2 saturated heterocycles. The molecule has 2 bridgehead atoms. The van der Waals surface area contributed by atoms with Crippen LogP contribution in [0.2, 0.25) is 0 Å². The van der Waals surface area contributed by atoms with Crippen LogP contribution < -0.4 is 0 Å². The average molecular weight is 312 g/mol. The standard InChI is InChI=1S/C18H20N2OS/c21-18(20-10-13-6-7-14(11-20)9-8-13)16-12-22-17(19-16)15-4-2-1-3-5-15/h1-5,12-14H,6-11H2. The predicted molar refractivity (Wildman–Crippen MR) is 88.9 cm³/mol. The first-order valence-electron chi connectivity index (χ1n) is 8.10. The van der Waals surface area contributed by atoms with E-state index in [4.69, 9.17) is 0 Å². The van der Waals surface area contributed by atoms with Gasteiger partial charge < -0.3 is 4.90 Å². The molecule has 1 aliphatic carbocycles. The molecule has 1 amide bonds. The minimum atomic E-state index is 0.122. The number of thiazole rings is 1. The van der Waals surface area contributed by atoms with Crippen molar-refractivity contribution < 1.29 is 4.79 Å². The summed E-state index contributed by atoms with van der Waals surface area (Å²) >= 11 is 1.56.